The van der Waals surface area contributed by atoms with Crippen LogP contribution in [0.2, 0.25) is 10.0 Å². The molecule has 1 saturated heterocycles. The monoisotopic (exact) mass is 354 g/mol. The second-order valence-electron chi connectivity index (χ2n) is 5.88. The molecule has 0 N–H and O–H groups in total. The molecular weight excluding hydrogens is 335 g/mol. The number of piperazine rings is 1. The highest BCUT2D eigenvalue weighted by Gasteiger charge is 2.16. The van der Waals surface area contributed by atoms with Gasteiger partial charge < -0.3 is 14.3 Å². The van der Waals surface area contributed by atoms with Crippen molar-refractivity contribution in [2.45, 2.75) is 12.8 Å². The van der Waals surface area contributed by atoms with Crippen molar-refractivity contribution in [1.29, 1.82) is 0 Å². The molecule has 2 aromatic rings. The van der Waals surface area contributed by atoms with Crippen LogP contribution in [0.3, 0.4) is 0 Å². The predicted octanol–water partition coefficient (Wildman–Crippen LogP) is 2.76. The van der Waals surface area contributed by atoms with E-state index in [2.05, 4.69) is 27.0 Å². The third-order valence-corrected chi connectivity index (χ3v) is 4.85. The summed E-state index contributed by atoms with van der Waals surface area (Å²) in [5.41, 5.74) is 0.835. The van der Waals surface area contributed by atoms with Gasteiger partial charge in [0.25, 0.3) is 0 Å². The smallest absolute Gasteiger partial charge is 0.227 e. The van der Waals surface area contributed by atoms with Crippen LogP contribution in [0.1, 0.15) is 17.3 Å². The Hall–Kier alpha value is -1.14. The first-order valence-corrected chi connectivity index (χ1v) is 8.52. The van der Waals surface area contributed by atoms with Crippen LogP contribution in [-0.4, -0.2) is 59.7 Å². The number of halogens is 2. The standard InChI is InChI=1S/C16H20Cl2N4O/c1-21-7-9-22(10-8-21)6-5-16-19-15(20-23-16)11-12-13(17)3-2-4-14(12)18/h2-4H,5-11H2,1H3. The zero-order valence-electron chi connectivity index (χ0n) is 13.1. The molecule has 1 aliphatic heterocycles. The van der Waals surface area contributed by atoms with Gasteiger partial charge in [0.2, 0.25) is 5.89 Å². The largest absolute Gasteiger partial charge is 0.339 e. The summed E-state index contributed by atoms with van der Waals surface area (Å²) >= 11 is 12.4. The zero-order chi connectivity index (χ0) is 16.2. The highest BCUT2D eigenvalue weighted by molar-refractivity contribution is 6.36. The molecule has 0 bridgehead atoms. The number of aromatic nitrogens is 2. The van der Waals surface area contributed by atoms with Gasteiger partial charge >= 0.3 is 0 Å². The topological polar surface area (TPSA) is 45.4 Å². The highest BCUT2D eigenvalue weighted by Crippen LogP contribution is 2.26. The molecule has 1 aromatic heterocycles. The van der Waals surface area contributed by atoms with Crippen molar-refractivity contribution < 1.29 is 4.52 Å². The molecule has 5 nitrogen and oxygen atoms in total. The fraction of sp³-hybridized carbons (Fsp3) is 0.500. The van der Waals surface area contributed by atoms with Crippen molar-refractivity contribution in [3.63, 3.8) is 0 Å². The van der Waals surface area contributed by atoms with Crippen LogP contribution in [0, 0.1) is 0 Å². The van der Waals surface area contributed by atoms with E-state index in [0.717, 1.165) is 44.7 Å². The molecule has 7 heteroatoms. The van der Waals surface area contributed by atoms with Crippen molar-refractivity contribution in [2.75, 3.05) is 39.8 Å². The van der Waals surface area contributed by atoms with Crippen molar-refractivity contribution >= 4 is 23.2 Å². The Bertz CT molecular complexity index is 633. The minimum Gasteiger partial charge on any atom is -0.339 e. The summed E-state index contributed by atoms with van der Waals surface area (Å²) in [6.07, 6.45) is 1.25. The summed E-state index contributed by atoms with van der Waals surface area (Å²) in [6, 6.07) is 5.46. The van der Waals surface area contributed by atoms with E-state index in [1.54, 1.807) is 0 Å². The molecule has 0 radical (unpaired) electrons. The Kier molecular flexibility index (Phi) is 5.54. The first kappa shape index (κ1) is 16.7. The van der Waals surface area contributed by atoms with Gasteiger partial charge in [-0.25, -0.2) is 0 Å². The van der Waals surface area contributed by atoms with Gasteiger partial charge in [0, 0.05) is 55.6 Å². The maximum atomic E-state index is 6.18. The van der Waals surface area contributed by atoms with Crippen LogP contribution in [0.15, 0.2) is 22.7 Å². The molecule has 23 heavy (non-hydrogen) atoms. The van der Waals surface area contributed by atoms with Gasteiger partial charge in [0.15, 0.2) is 5.82 Å². The van der Waals surface area contributed by atoms with Crippen LogP contribution >= 0.6 is 23.2 Å². The molecule has 0 saturated carbocycles. The summed E-state index contributed by atoms with van der Waals surface area (Å²) in [4.78, 5) is 9.22. The maximum absolute atomic E-state index is 6.18. The second-order valence-corrected chi connectivity index (χ2v) is 6.69. The molecule has 3 rings (SSSR count). The van der Waals surface area contributed by atoms with E-state index in [4.69, 9.17) is 27.7 Å². The second kappa shape index (κ2) is 7.62. The summed E-state index contributed by atoms with van der Waals surface area (Å²) in [6.45, 7) is 5.35. The number of likely N-dealkylation sites (N-methyl/N-ethyl adjacent to an activating group) is 1. The van der Waals surface area contributed by atoms with Gasteiger partial charge in [-0.05, 0) is 24.7 Å². The van der Waals surface area contributed by atoms with E-state index in [1.165, 1.54) is 0 Å². The number of nitrogens with zero attached hydrogens (tertiary/aromatic N) is 4. The average molecular weight is 355 g/mol. The Morgan fingerprint density at radius 3 is 2.52 bits per heavy atom. The number of hydrogen-bond acceptors (Lipinski definition) is 5. The number of hydrogen-bond donors (Lipinski definition) is 0. The molecule has 0 amide bonds. The first-order valence-electron chi connectivity index (χ1n) is 7.77. The Morgan fingerprint density at radius 2 is 1.83 bits per heavy atom. The first-order chi connectivity index (χ1) is 11.1. The third-order valence-electron chi connectivity index (χ3n) is 4.14. The molecule has 2 heterocycles. The van der Waals surface area contributed by atoms with Gasteiger partial charge in [-0.2, -0.15) is 4.98 Å². The van der Waals surface area contributed by atoms with Gasteiger partial charge in [-0.15, -0.1) is 0 Å². The molecule has 1 fully saturated rings. The molecule has 0 spiro atoms. The van der Waals surface area contributed by atoms with E-state index < -0.39 is 0 Å². The quantitative estimate of drug-likeness (QED) is 0.825. The molecule has 0 unspecified atom stereocenters. The van der Waals surface area contributed by atoms with Crippen molar-refractivity contribution in [3.8, 4) is 0 Å². The molecular formula is C16H20Cl2N4O. The molecule has 1 aliphatic rings. The van der Waals surface area contributed by atoms with E-state index in [0.29, 0.717) is 28.2 Å². The van der Waals surface area contributed by atoms with Gasteiger partial charge in [-0.1, -0.05) is 34.4 Å². The summed E-state index contributed by atoms with van der Waals surface area (Å²) in [5, 5.41) is 5.29. The van der Waals surface area contributed by atoms with Crippen LogP contribution in [-0.2, 0) is 12.8 Å². The normalized spacial score (nSPS) is 16.8. The lowest BCUT2D eigenvalue weighted by atomic mass is 10.1. The number of rotatable bonds is 5. The minimum atomic E-state index is 0.483. The van der Waals surface area contributed by atoms with Crippen molar-refractivity contribution in [2.24, 2.45) is 0 Å². The molecule has 0 aliphatic carbocycles. The summed E-state index contributed by atoms with van der Waals surface area (Å²) in [5.74, 6) is 1.29. The van der Waals surface area contributed by atoms with Crippen LogP contribution in [0.25, 0.3) is 0 Å². The Balaban J connectivity index is 1.56. The zero-order valence-corrected chi connectivity index (χ0v) is 14.6. The maximum Gasteiger partial charge on any atom is 0.227 e. The lowest BCUT2D eigenvalue weighted by Crippen LogP contribution is -2.45. The predicted molar refractivity (Wildman–Crippen MR) is 91.2 cm³/mol. The average Bonchev–Trinajstić information content (AvgIpc) is 2.98. The van der Waals surface area contributed by atoms with Crippen LogP contribution < -0.4 is 0 Å². The third kappa shape index (κ3) is 4.44. The van der Waals surface area contributed by atoms with Crippen LogP contribution in [0.5, 0.6) is 0 Å². The van der Waals surface area contributed by atoms with Crippen molar-refractivity contribution in [1.82, 2.24) is 19.9 Å². The fourth-order valence-corrected chi connectivity index (χ4v) is 3.18. The van der Waals surface area contributed by atoms with Gasteiger partial charge in [-0.3, -0.25) is 0 Å². The van der Waals surface area contributed by atoms with Crippen molar-refractivity contribution in [3.05, 3.63) is 45.5 Å². The molecule has 124 valence electrons. The Labute approximate surface area is 146 Å². The highest BCUT2D eigenvalue weighted by atomic mass is 35.5. The fourth-order valence-electron chi connectivity index (χ4n) is 2.65. The number of benzene rings is 1. The van der Waals surface area contributed by atoms with Gasteiger partial charge in [0.05, 0.1) is 0 Å². The van der Waals surface area contributed by atoms with Gasteiger partial charge in [0.1, 0.15) is 0 Å². The summed E-state index contributed by atoms with van der Waals surface area (Å²) in [7, 11) is 2.15. The Morgan fingerprint density at radius 1 is 1.13 bits per heavy atom. The van der Waals surface area contributed by atoms with E-state index in [1.807, 2.05) is 18.2 Å². The minimum absolute atomic E-state index is 0.483. The van der Waals surface area contributed by atoms with E-state index in [-0.39, 0.29) is 0 Å². The van der Waals surface area contributed by atoms with E-state index >= 15 is 0 Å². The summed E-state index contributed by atoms with van der Waals surface area (Å²) < 4.78 is 5.34. The van der Waals surface area contributed by atoms with E-state index in [9.17, 15) is 0 Å². The molecule has 1 aromatic carbocycles. The SMILES string of the molecule is CN1CCN(CCc2nc(Cc3c(Cl)cccc3Cl)no2)CC1. The van der Waals surface area contributed by atoms with Crippen LogP contribution in [0.4, 0.5) is 0 Å². The lowest BCUT2D eigenvalue weighted by Gasteiger charge is -2.31. The molecule has 0 atom stereocenters. The lowest BCUT2D eigenvalue weighted by molar-refractivity contribution is 0.152.